The fourth-order valence-corrected chi connectivity index (χ4v) is 4.43. The zero-order chi connectivity index (χ0) is 20.2. The van der Waals surface area contributed by atoms with Gasteiger partial charge in [-0.25, -0.2) is 4.79 Å². The first kappa shape index (κ1) is 19.5. The van der Waals surface area contributed by atoms with Crippen LogP contribution in [-0.4, -0.2) is 50.1 Å². The highest BCUT2D eigenvalue weighted by Crippen LogP contribution is 2.25. The topological polar surface area (TPSA) is 49.9 Å². The Kier molecular flexibility index (Phi) is 5.84. The van der Waals surface area contributed by atoms with Crippen molar-refractivity contribution >= 4 is 17.6 Å². The van der Waals surface area contributed by atoms with Gasteiger partial charge in [-0.3, -0.25) is 4.79 Å². The van der Waals surface area contributed by atoms with Crippen LogP contribution in [0.1, 0.15) is 45.5 Å². The number of ether oxygens (including phenoxy) is 1. The Bertz CT molecular complexity index is 872. The summed E-state index contributed by atoms with van der Waals surface area (Å²) in [4.78, 5) is 29.0. The molecule has 0 radical (unpaired) electrons. The number of carbonyl (C=O) groups is 2. The number of nitrogens with zero attached hydrogens (tertiary/aromatic N) is 2. The van der Waals surface area contributed by atoms with Gasteiger partial charge in [-0.15, -0.1) is 0 Å². The van der Waals surface area contributed by atoms with Crippen LogP contribution < -0.4 is 4.90 Å². The van der Waals surface area contributed by atoms with Gasteiger partial charge in [0.25, 0.3) is 5.91 Å². The minimum atomic E-state index is -0.313. The smallest absolute Gasteiger partial charge is 0.337 e. The first-order valence-electron chi connectivity index (χ1n) is 10.5. The molecule has 0 bridgehead atoms. The summed E-state index contributed by atoms with van der Waals surface area (Å²) in [5.74, 6) is 0.215. The minimum absolute atomic E-state index is 0.115. The predicted octanol–water partition coefficient (Wildman–Crippen LogP) is 3.78. The third-order valence-corrected chi connectivity index (χ3v) is 6.03. The van der Waals surface area contributed by atoms with Crippen LogP contribution in [0.3, 0.4) is 0 Å². The fourth-order valence-electron chi connectivity index (χ4n) is 4.43. The summed E-state index contributed by atoms with van der Waals surface area (Å²) < 4.78 is 4.80. The summed E-state index contributed by atoms with van der Waals surface area (Å²) in [6.07, 6.45) is 4.35. The number of esters is 1. The van der Waals surface area contributed by atoms with Crippen LogP contribution in [0.15, 0.2) is 48.5 Å². The lowest BCUT2D eigenvalue weighted by Crippen LogP contribution is -2.29. The average molecular weight is 392 g/mol. The Labute approximate surface area is 172 Å². The van der Waals surface area contributed by atoms with Gasteiger partial charge in [0.05, 0.1) is 12.7 Å². The maximum absolute atomic E-state index is 12.9. The summed E-state index contributed by atoms with van der Waals surface area (Å²) in [5.41, 5.74) is 3.67. The normalized spacial score (nSPS) is 18.9. The molecule has 152 valence electrons. The molecule has 1 atom stereocenters. The second kappa shape index (κ2) is 8.68. The lowest BCUT2D eigenvalue weighted by Gasteiger charge is -2.19. The molecule has 1 unspecified atom stereocenters. The van der Waals surface area contributed by atoms with Crippen LogP contribution in [0.4, 0.5) is 5.69 Å². The van der Waals surface area contributed by atoms with Crippen molar-refractivity contribution < 1.29 is 14.3 Å². The lowest BCUT2D eigenvalue weighted by molar-refractivity contribution is 0.0600. The molecule has 0 aliphatic carbocycles. The van der Waals surface area contributed by atoms with Crippen molar-refractivity contribution in [2.24, 2.45) is 5.92 Å². The predicted molar refractivity (Wildman–Crippen MR) is 113 cm³/mol. The highest BCUT2D eigenvalue weighted by atomic mass is 16.5. The number of likely N-dealkylation sites (tertiary alicyclic amines) is 1. The van der Waals surface area contributed by atoms with Crippen LogP contribution in [0.25, 0.3) is 0 Å². The van der Waals surface area contributed by atoms with E-state index in [9.17, 15) is 9.59 Å². The summed E-state index contributed by atoms with van der Waals surface area (Å²) >= 11 is 0. The third-order valence-electron chi connectivity index (χ3n) is 6.03. The van der Waals surface area contributed by atoms with Gasteiger partial charge in [0, 0.05) is 37.4 Å². The largest absolute Gasteiger partial charge is 0.465 e. The molecular formula is C24H28N2O3. The number of hydrogen-bond donors (Lipinski definition) is 0. The van der Waals surface area contributed by atoms with E-state index in [1.807, 2.05) is 35.2 Å². The summed E-state index contributed by atoms with van der Waals surface area (Å²) in [6.45, 7) is 3.76. The SMILES string of the molecule is COC(=O)c1cccc(CC2CCN(C(=O)c3ccc(N4CCCC4)cc3)C2)c1. The molecule has 2 aliphatic rings. The van der Waals surface area contributed by atoms with Crippen molar-refractivity contribution in [2.45, 2.75) is 25.7 Å². The van der Waals surface area contributed by atoms with Gasteiger partial charge in [0.15, 0.2) is 0 Å². The Morgan fingerprint density at radius 2 is 1.76 bits per heavy atom. The van der Waals surface area contributed by atoms with Crippen molar-refractivity contribution in [3.63, 3.8) is 0 Å². The zero-order valence-corrected chi connectivity index (χ0v) is 17.0. The third kappa shape index (κ3) is 4.44. The van der Waals surface area contributed by atoms with Gasteiger partial charge < -0.3 is 14.5 Å². The van der Waals surface area contributed by atoms with Crippen LogP contribution in [-0.2, 0) is 11.2 Å². The average Bonchev–Trinajstić information content (AvgIpc) is 3.45. The van der Waals surface area contributed by atoms with Gasteiger partial charge in [-0.2, -0.15) is 0 Å². The van der Waals surface area contributed by atoms with E-state index in [1.165, 1.54) is 25.6 Å². The van der Waals surface area contributed by atoms with E-state index in [1.54, 1.807) is 6.07 Å². The molecule has 4 rings (SSSR count). The molecule has 2 aromatic carbocycles. The van der Waals surface area contributed by atoms with Crippen molar-refractivity contribution in [3.05, 3.63) is 65.2 Å². The second-order valence-corrected chi connectivity index (χ2v) is 8.04. The maximum atomic E-state index is 12.9. The molecule has 0 saturated carbocycles. The molecule has 2 aliphatic heterocycles. The summed E-state index contributed by atoms with van der Waals surface area (Å²) in [7, 11) is 1.40. The summed E-state index contributed by atoms with van der Waals surface area (Å²) in [5, 5.41) is 0. The van der Waals surface area contributed by atoms with Gasteiger partial charge in [-0.1, -0.05) is 12.1 Å². The molecule has 5 nitrogen and oxygen atoms in total. The number of amides is 1. The number of carbonyl (C=O) groups excluding carboxylic acids is 2. The van der Waals surface area contributed by atoms with E-state index >= 15 is 0 Å². The molecule has 2 aromatic rings. The Hall–Kier alpha value is -2.82. The molecule has 2 fully saturated rings. The summed E-state index contributed by atoms with van der Waals surface area (Å²) in [6, 6.07) is 15.7. The quantitative estimate of drug-likeness (QED) is 0.727. The molecule has 29 heavy (non-hydrogen) atoms. The molecule has 0 aromatic heterocycles. The lowest BCUT2D eigenvalue weighted by atomic mass is 9.97. The molecule has 2 saturated heterocycles. The van der Waals surface area contributed by atoms with E-state index in [2.05, 4.69) is 17.0 Å². The number of anilines is 1. The first-order valence-corrected chi connectivity index (χ1v) is 10.5. The highest BCUT2D eigenvalue weighted by molar-refractivity contribution is 5.94. The Morgan fingerprint density at radius 3 is 2.48 bits per heavy atom. The Morgan fingerprint density at radius 1 is 1.00 bits per heavy atom. The van der Waals surface area contributed by atoms with Crippen molar-refractivity contribution in [2.75, 3.05) is 38.2 Å². The molecule has 2 heterocycles. The van der Waals surface area contributed by atoms with Crippen LogP contribution in [0.5, 0.6) is 0 Å². The van der Waals surface area contributed by atoms with Crippen LogP contribution in [0.2, 0.25) is 0 Å². The van der Waals surface area contributed by atoms with Gasteiger partial charge in [0.2, 0.25) is 0 Å². The highest BCUT2D eigenvalue weighted by Gasteiger charge is 2.27. The number of benzene rings is 2. The van der Waals surface area contributed by atoms with E-state index in [0.717, 1.165) is 50.1 Å². The van der Waals surface area contributed by atoms with E-state index in [0.29, 0.717) is 11.5 Å². The van der Waals surface area contributed by atoms with Gasteiger partial charge >= 0.3 is 5.97 Å². The fraction of sp³-hybridized carbons (Fsp3) is 0.417. The van der Waals surface area contributed by atoms with Crippen molar-refractivity contribution in [1.29, 1.82) is 0 Å². The molecule has 5 heteroatoms. The molecule has 1 amide bonds. The van der Waals surface area contributed by atoms with Crippen LogP contribution >= 0.6 is 0 Å². The first-order chi connectivity index (χ1) is 14.1. The maximum Gasteiger partial charge on any atom is 0.337 e. The zero-order valence-electron chi connectivity index (χ0n) is 17.0. The molecule has 0 N–H and O–H groups in total. The monoisotopic (exact) mass is 392 g/mol. The van der Waals surface area contributed by atoms with Gasteiger partial charge in [-0.05, 0) is 73.6 Å². The number of hydrogen-bond acceptors (Lipinski definition) is 4. The second-order valence-electron chi connectivity index (χ2n) is 8.04. The van der Waals surface area contributed by atoms with Crippen LogP contribution in [0, 0.1) is 5.92 Å². The minimum Gasteiger partial charge on any atom is -0.465 e. The van der Waals surface area contributed by atoms with E-state index in [4.69, 9.17) is 4.74 Å². The van der Waals surface area contributed by atoms with E-state index < -0.39 is 0 Å². The number of rotatable bonds is 5. The number of methoxy groups -OCH3 is 1. The Balaban J connectivity index is 1.35. The van der Waals surface area contributed by atoms with Gasteiger partial charge in [0.1, 0.15) is 0 Å². The molecule has 0 spiro atoms. The molecular weight excluding hydrogens is 364 g/mol. The van der Waals surface area contributed by atoms with E-state index in [-0.39, 0.29) is 11.9 Å². The van der Waals surface area contributed by atoms with Crippen molar-refractivity contribution in [3.8, 4) is 0 Å². The van der Waals surface area contributed by atoms with Crippen molar-refractivity contribution in [1.82, 2.24) is 4.90 Å². The standard InChI is InChI=1S/C24H28N2O3/c1-29-24(28)21-6-4-5-18(16-21)15-19-11-14-26(17-19)23(27)20-7-9-22(10-8-20)25-12-2-3-13-25/h4-10,16,19H,2-3,11-15,17H2,1H3.